The number of aliphatic imine (C=N–C) groups is 1. The number of guanidine groups is 1. The number of rotatable bonds is 6. The topological polar surface area (TPSA) is 54.2 Å². The lowest BCUT2D eigenvalue weighted by Crippen LogP contribution is -2.40. The third-order valence-corrected chi connectivity index (χ3v) is 5.58. The zero-order valence-electron chi connectivity index (χ0n) is 15.5. The van der Waals surface area contributed by atoms with Gasteiger partial charge in [0.25, 0.3) is 0 Å². The lowest BCUT2D eigenvalue weighted by molar-refractivity contribution is 0.315. The monoisotopic (exact) mass is 331 g/mol. The van der Waals surface area contributed by atoms with Crippen molar-refractivity contribution in [1.29, 1.82) is 0 Å². The molecule has 3 rings (SSSR count). The smallest absolute Gasteiger partial charge is 0.191 e. The Morgan fingerprint density at radius 1 is 1.29 bits per heavy atom. The van der Waals surface area contributed by atoms with Crippen LogP contribution in [0.25, 0.3) is 0 Å². The molecule has 2 fully saturated rings. The van der Waals surface area contributed by atoms with Gasteiger partial charge in [-0.15, -0.1) is 0 Å². The molecule has 5 nitrogen and oxygen atoms in total. The number of nitrogens with zero attached hydrogens (tertiary/aromatic N) is 3. The summed E-state index contributed by atoms with van der Waals surface area (Å²) in [6, 6.07) is 2.78. The SMILES string of the molecule is CN=C(NCCCn1nc(C)cc1C)NC1CC1C1CCCCC1. The summed E-state index contributed by atoms with van der Waals surface area (Å²) in [7, 11) is 1.87. The summed E-state index contributed by atoms with van der Waals surface area (Å²) in [6.07, 6.45) is 9.59. The molecule has 0 bridgehead atoms. The summed E-state index contributed by atoms with van der Waals surface area (Å²) in [6.45, 7) is 6.05. The zero-order valence-corrected chi connectivity index (χ0v) is 15.5. The minimum atomic E-state index is 0.648. The Bertz CT molecular complexity index is 556. The Labute approximate surface area is 146 Å². The van der Waals surface area contributed by atoms with Gasteiger partial charge in [-0.05, 0) is 44.6 Å². The second-order valence-corrected chi connectivity index (χ2v) is 7.55. The standard InChI is InChI=1S/C19H33N5/c1-14-12-15(2)24(23-14)11-7-10-21-19(20-3)22-18-13-17(18)16-8-5-4-6-9-16/h12,16-18H,4-11,13H2,1-3H3,(H2,20,21,22). The van der Waals surface area contributed by atoms with E-state index in [1.807, 2.05) is 14.0 Å². The van der Waals surface area contributed by atoms with Crippen LogP contribution in [-0.4, -0.2) is 35.4 Å². The average molecular weight is 332 g/mol. The first kappa shape index (κ1) is 17.3. The van der Waals surface area contributed by atoms with E-state index < -0.39 is 0 Å². The molecule has 1 heterocycles. The molecule has 134 valence electrons. The van der Waals surface area contributed by atoms with Gasteiger partial charge in [0.2, 0.25) is 0 Å². The summed E-state index contributed by atoms with van der Waals surface area (Å²) < 4.78 is 2.09. The Hall–Kier alpha value is -1.52. The van der Waals surface area contributed by atoms with Crippen LogP contribution in [-0.2, 0) is 6.54 Å². The highest BCUT2D eigenvalue weighted by Gasteiger charge is 2.43. The molecule has 0 amide bonds. The van der Waals surface area contributed by atoms with Crippen LogP contribution in [0.1, 0.15) is 56.3 Å². The highest BCUT2D eigenvalue weighted by atomic mass is 15.3. The summed E-state index contributed by atoms with van der Waals surface area (Å²) >= 11 is 0. The number of aryl methyl sites for hydroxylation is 3. The lowest BCUT2D eigenvalue weighted by Gasteiger charge is -2.22. The molecule has 0 radical (unpaired) electrons. The van der Waals surface area contributed by atoms with Crippen molar-refractivity contribution in [2.24, 2.45) is 16.8 Å². The van der Waals surface area contributed by atoms with Crippen LogP contribution in [0.2, 0.25) is 0 Å². The van der Waals surface area contributed by atoms with Crippen LogP contribution in [0, 0.1) is 25.7 Å². The van der Waals surface area contributed by atoms with Gasteiger partial charge in [-0.3, -0.25) is 9.67 Å². The normalized spacial score (nSPS) is 24.9. The van der Waals surface area contributed by atoms with Gasteiger partial charge in [-0.1, -0.05) is 32.1 Å². The molecule has 1 aromatic heterocycles. The minimum Gasteiger partial charge on any atom is -0.356 e. The quantitative estimate of drug-likeness (QED) is 0.479. The molecule has 2 saturated carbocycles. The fourth-order valence-electron chi connectivity index (χ4n) is 4.17. The Balaban J connectivity index is 1.34. The van der Waals surface area contributed by atoms with E-state index in [4.69, 9.17) is 0 Å². The number of nitrogens with one attached hydrogen (secondary N) is 2. The van der Waals surface area contributed by atoms with E-state index in [0.717, 1.165) is 43.0 Å². The Morgan fingerprint density at radius 3 is 2.75 bits per heavy atom. The molecule has 2 atom stereocenters. The van der Waals surface area contributed by atoms with Crippen molar-refractivity contribution in [3.05, 3.63) is 17.5 Å². The predicted octanol–water partition coefficient (Wildman–Crippen LogP) is 3.02. The van der Waals surface area contributed by atoms with Gasteiger partial charge in [0.05, 0.1) is 5.69 Å². The van der Waals surface area contributed by atoms with E-state index in [9.17, 15) is 0 Å². The van der Waals surface area contributed by atoms with Gasteiger partial charge in [-0.2, -0.15) is 5.10 Å². The van der Waals surface area contributed by atoms with Gasteiger partial charge in [0.15, 0.2) is 5.96 Å². The van der Waals surface area contributed by atoms with E-state index in [0.29, 0.717) is 6.04 Å². The Kier molecular flexibility index (Phi) is 5.80. The van der Waals surface area contributed by atoms with Crippen LogP contribution < -0.4 is 10.6 Å². The third kappa shape index (κ3) is 4.52. The summed E-state index contributed by atoms with van der Waals surface area (Å²) in [5.41, 5.74) is 2.34. The molecule has 0 spiro atoms. The maximum Gasteiger partial charge on any atom is 0.191 e. The molecule has 1 aromatic rings. The van der Waals surface area contributed by atoms with Crippen molar-refractivity contribution in [3.63, 3.8) is 0 Å². The molecular weight excluding hydrogens is 298 g/mol. The highest BCUT2D eigenvalue weighted by molar-refractivity contribution is 5.80. The average Bonchev–Trinajstić information content (AvgIpc) is 3.28. The van der Waals surface area contributed by atoms with Crippen molar-refractivity contribution < 1.29 is 0 Å². The van der Waals surface area contributed by atoms with Crippen LogP contribution in [0.4, 0.5) is 0 Å². The number of hydrogen-bond donors (Lipinski definition) is 2. The van der Waals surface area contributed by atoms with Crippen molar-refractivity contribution in [1.82, 2.24) is 20.4 Å². The van der Waals surface area contributed by atoms with Gasteiger partial charge >= 0.3 is 0 Å². The third-order valence-electron chi connectivity index (χ3n) is 5.58. The van der Waals surface area contributed by atoms with E-state index in [1.165, 1.54) is 44.2 Å². The van der Waals surface area contributed by atoms with Crippen LogP contribution >= 0.6 is 0 Å². The molecule has 0 aliphatic heterocycles. The maximum atomic E-state index is 4.51. The van der Waals surface area contributed by atoms with Crippen molar-refractivity contribution in [3.8, 4) is 0 Å². The number of aromatic nitrogens is 2. The first-order valence-corrected chi connectivity index (χ1v) is 9.65. The summed E-state index contributed by atoms with van der Waals surface area (Å²) in [5.74, 6) is 2.81. The van der Waals surface area contributed by atoms with E-state index in [-0.39, 0.29) is 0 Å². The van der Waals surface area contributed by atoms with Crippen LogP contribution in [0.15, 0.2) is 11.1 Å². The molecule has 2 N–H and O–H groups in total. The molecule has 2 aliphatic carbocycles. The highest BCUT2D eigenvalue weighted by Crippen LogP contribution is 2.44. The predicted molar refractivity (Wildman–Crippen MR) is 99.3 cm³/mol. The molecule has 24 heavy (non-hydrogen) atoms. The van der Waals surface area contributed by atoms with Crippen molar-refractivity contribution in [2.75, 3.05) is 13.6 Å². The molecule has 5 heteroatoms. The second kappa shape index (κ2) is 8.04. The van der Waals surface area contributed by atoms with Crippen LogP contribution in [0.3, 0.4) is 0 Å². The number of hydrogen-bond acceptors (Lipinski definition) is 2. The zero-order chi connectivity index (χ0) is 16.9. The Morgan fingerprint density at radius 2 is 2.08 bits per heavy atom. The second-order valence-electron chi connectivity index (χ2n) is 7.55. The van der Waals surface area contributed by atoms with Crippen LogP contribution in [0.5, 0.6) is 0 Å². The van der Waals surface area contributed by atoms with Gasteiger partial charge in [0.1, 0.15) is 0 Å². The molecular formula is C19H33N5. The van der Waals surface area contributed by atoms with E-state index in [1.54, 1.807) is 0 Å². The fraction of sp³-hybridized carbons (Fsp3) is 0.789. The molecule has 2 unspecified atom stereocenters. The minimum absolute atomic E-state index is 0.648. The van der Waals surface area contributed by atoms with E-state index >= 15 is 0 Å². The van der Waals surface area contributed by atoms with Gasteiger partial charge in [-0.25, -0.2) is 0 Å². The van der Waals surface area contributed by atoms with Gasteiger partial charge < -0.3 is 10.6 Å². The fourth-order valence-corrected chi connectivity index (χ4v) is 4.17. The first-order valence-electron chi connectivity index (χ1n) is 9.65. The molecule has 0 aromatic carbocycles. The molecule has 0 saturated heterocycles. The van der Waals surface area contributed by atoms with Crippen molar-refractivity contribution >= 4 is 5.96 Å². The first-order chi connectivity index (χ1) is 11.7. The van der Waals surface area contributed by atoms with E-state index in [2.05, 4.69) is 38.4 Å². The van der Waals surface area contributed by atoms with Gasteiger partial charge in [0, 0.05) is 31.9 Å². The summed E-state index contributed by atoms with van der Waals surface area (Å²) in [4.78, 5) is 4.39. The summed E-state index contributed by atoms with van der Waals surface area (Å²) in [5, 5.41) is 11.6. The van der Waals surface area contributed by atoms with Crippen molar-refractivity contribution in [2.45, 2.75) is 71.4 Å². The molecule has 2 aliphatic rings. The maximum absolute atomic E-state index is 4.51. The lowest BCUT2D eigenvalue weighted by atomic mass is 9.85. The largest absolute Gasteiger partial charge is 0.356 e.